The van der Waals surface area contributed by atoms with E-state index in [9.17, 15) is 4.39 Å². The molecule has 6 heteroatoms. The van der Waals surface area contributed by atoms with Crippen LogP contribution in [-0.4, -0.2) is 40.5 Å². The monoisotopic (exact) mass is 451 g/mol. The van der Waals surface area contributed by atoms with Crippen molar-refractivity contribution in [3.8, 4) is 22.4 Å². The Morgan fingerprint density at radius 3 is 2.50 bits per heavy atom. The van der Waals surface area contributed by atoms with Crippen molar-refractivity contribution in [1.82, 2.24) is 19.7 Å². The molecule has 0 saturated carbocycles. The van der Waals surface area contributed by atoms with Gasteiger partial charge in [0.15, 0.2) is 0 Å². The molecular formula is C28H26FN5. The molecular weight excluding hydrogens is 425 g/mol. The van der Waals surface area contributed by atoms with Crippen LogP contribution < -0.4 is 10.2 Å². The molecule has 170 valence electrons. The minimum Gasteiger partial charge on any atom is -0.369 e. The number of nitrogens with one attached hydrogen (secondary N) is 1. The van der Waals surface area contributed by atoms with Gasteiger partial charge >= 0.3 is 0 Å². The van der Waals surface area contributed by atoms with E-state index in [4.69, 9.17) is 0 Å². The number of aryl methyl sites for hydroxylation is 2. The van der Waals surface area contributed by atoms with Gasteiger partial charge in [-0.3, -0.25) is 9.38 Å². The van der Waals surface area contributed by atoms with Crippen LogP contribution in [0.2, 0.25) is 0 Å². The molecule has 5 nitrogen and oxygen atoms in total. The van der Waals surface area contributed by atoms with Crippen LogP contribution >= 0.6 is 0 Å². The molecule has 0 spiro atoms. The van der Waals surface area contributed by atoms with Gasteiger partial charge in [-0.15, -0.1) is 0 Å². The number of piperazine rings is 1. The van der Waals surface area contributed by atoms with Crippen LogP contribution in [0.1, 0.15) is 11.3 Å². The highest BCUT2D eigenvalue weighted by Gasteiger charge is 2.15. The highest BCUT2D eigenvalue weighted by molar-refractivity contribution is 5.95. The fraction of sp³-hybridized carbons (Fsp3) is 0.214. The fourth-order valence-corrected chi connectivity index (χ4v) is 4.91. The third-order valence-corrected chi connectivity index (χ3v) is 6.61. The molecule has 1 N–H and O–H groups in total. The van der Waals surface area contributed by atoms with Crippen LogP contribution in [0, 0.1) is 19.7 Å². The predicted molar refractivity (Wildman–Crippen MR) is 136 cm³/mol. The molecule has 0 aliphatic carbocycles. The summed E-state index contributed by atoms with van der Waals surface area (Å²) in [5.74, 6) is -0.291. The van der Waals surface area contributed by atoms with Crippen molar-refractivity contribution in [3.63, 3.8) is 0 Å². The van der Waals surface area contributed by atoms with Crippen LogP contribution in [0.25, 0.3) is 38.9 Å². The number of halogens is 1. The maximum Gasteiger partial charge on any atom is 0.149 e. The highest BCUT2D eigenvalue weighted by atomic mass is 19.1. The zero-order chi connectivity index (χ0) is 23.2. The zero-order valence-corrected chi connectivity index (χ0v) is 19.3. The Balaban J connectivity index is 1.39. The lowest BCUT2D eigenvalue weighted by Crippen LogP contribution is -2.43. The summed E-state index contributed by atoms with van der Waals surface area (Å²) in [6.07, 6.45) is 3.91. The Kier molecular flexibility index (Phi) is 5.03. The number of anilines is 1. The second kappa shape index (κ2) is 8.22. The summed E-state index contributed by atoms with van der Waals surface area (Å²) in [6, 6.07) is 18.5. The number of hydrogen-bond donors (Lipinski definition) is 1. The molecule has 6 rings (SSSR count). The van der Waals surface area contributed by atoms with E-state index in [1.807, 2.05) is 38.4 Å². The van der Waals surface area contributed by atoms with E-state index in [1.165, 1.54) is 11.8 Å². The van der Waals surface area contributed by atoms with Crippen LogP contribution in [0.5, 0.6) is 0 Å². The van der Waals surface area contributed by atoms with E-state index in [0.29, 0.717) is 5.52 Å². The number of fused-ring (bicyclic) bond motifs is 2. The van der Waals surface area contributed by atoms with Gasteiger partial charge in [0.1, 0.15) is 17.0 Å². The lowest BCUT2D eigenvalue weighted by Gasteiger charge is -2.29. The molecule has 1 aliphatic heterocycles. The van der Waals surface area contributed by atoms with Gasteiger partial charge in [-0.1, -0.05) is 12.1 Å². The van der Waals surface area contributed by atoms with Crippen LogP contribution in [0.4, 0.5) is 10.1 Å². The third-order valence-electron chi connectivity index (χ3n) is 6.61. The number of nitrogens with zero attached hydrogens (tertiary/aromatic N) is 4. The molecule has 0 atom stereocenters. The van der Waals surface area contributed by atoms with Gasteiger partial charge in [0.2, 0.25) is 0 Å². The Morgan fingerprint density at radius 1 is 0.912 bits per heavy atom. The topological polar surface area (TPSA) is 45.5 Å². The van der Waals surface area contributed by atoms with Gasteiger partial charge in [0, 0.05) is 54.7 Å². The molecule has 0 unspecified atom stereocenters. The van der Waals surface area contributed by atoms with Gasteiger partial charge in [0.05, 0.1) is 11.9 Å². The summed E-state index contributed by atoms with van der Waals surface area (Å²) in [4.78, 5) is 11.5. The van der Waals surface area contributed by atoms with Crippen molar-refractivity contribution in [3.05, 3.63) is 84.1 Å². The number of rotatable bonds is 3. The first kappa shape index (κ1) is 20.8. The number of hydrogen-bond acceptors (Lipinski definition) is 4. The lowest BCUT2D eigenvalue weighted by molar-refractivity contribution is 0.589. The molecule has 1 aliphatic rings. The Labute approximate surface area is 197 Å². The fourth-order valence-electron chi connectivity index (χ4n) is 4.91. The summed E-state index contributed by atoms with van der Waals surface area (Å²) in [5.41, 5.74) is 8.31. The summed E-state index contributed by atoms with van der Waals surface area (Å²) >= 11 is 0. The van der Waals surface area contributed by atoms with Gasteiger partial charge < -0.3 is 10.2 Å². The quantitative estimate of drug-likeness (QED) is 0.400. The third kappa shape index (κ3) is 3.60. The van der Waals surface area contributed by atoms with Crippen molar-refractivity contribution in [2.24, 2.45) is 0 Å². The first-order valence-corrected chi connectivity index (χ1v) is 11.7. The molecule has 0 bridgehead atoms. The van der Waals surface area contributed by atoms with Gasteiger partial charge in [-0.05, 0) is 73.0 Å². The van der Waals surface area contributed by atoms with Crippen LogP contribution in [-0.2, 0) is 0 Å². The SMILES string of the molecule is Cc1cc(F)c2nc(C)cc(-c3cnc4cc(-c5ccc(N6CCNCC6)cc5)ccn34)c2c1. The van der Waals surface area contributed by atoms with E-state index < -0.39 is 0 Å². The maximum absolute atomic E-state index is 14.7. The Hall–Kier alpha value is -3.77. The molecule has 1 saturated heterocycles. The molecule has 5 aromatic rings. The summed E-state index contributed by atoms with van der Waals surface area (Å²) in [6.45, 7) is 7.93. The van der Waals surface area contributed by atoms with Gasteiger partial charge in [0.25, 0.3) is 0 Å². The van der Waals surface area contributed by atoms with Crippen LogP contribution in [0.3, 0.4) is 0 Å². The average Bonchev–Trinajstić information content (AvgIpc) is 3.28. The Morgan fingerprint density at radius 2 is 1.71 bits per heavy atom. The smallest absolute Gasteiger partial charge is 0.149 e. The Bertz CT molecular complexity index is 1510. The normalized spacial score (nSPS) is 14.3. The minimum absolute atomic E-state index is 0.291. The lowest BCUT2D eigenvalue weighted by atomic mass is 10.0. The molecule has 0 amide bonds. The van der Waals surface area contributed by atoms with E-state index >= 15 is 0 Å². The average molecular weight is 452 g/mol. The standard InChI is InChI=1S/C28H26FN5/c1-18-13-24-23(15-19(2)32-28(24)25(29)14-18)26-17-31-27-16-21(7-10-34(26)27)20-3-5-22(6-4-20)33-11-8-30-9-12-33/h3-7,10,13-17,30H,8-9,11-12H2,1-2H3. The predicted octanol–water partition coefficient (Wildman–Crippen LogP) is 5.38. The molecule has 2 aromatic carbocycles. The first-order valence-electron chi connectivity index (χ1n) is 11.7. The molecule has 4 heterocycles. The largest absolute Gasteiger partial charge is 0.369 e. The zero-order valence-electron chi connectivity index (χ0n) is 19.3. The van der Waals surface area contributed by atoms with Crippen molar-refractivity contribution < 1.29 is 4.39 Å². The molecule has 0 radical (unpaired) electrons. The second-order valence-electron chi connectivity index (χ2n) is 9.03. The van der Waals surface area contributed by atoms with Gasteiger partial charge in [-0.25, -0.2) is 9.37 Å². The van der Waals surface area contributed by atoms with E-state index in [2.05, 4.69) is 61.0 Å². The minimum atomic E-state index is -0.291. The van der Waals surface area contributed by atoms with Crippen molar-refractivity contribution in [2.75, 3.05) is 31.1 Å². The molecule has 34 heavy (non-hydrogen) atoms. The van der Waals surface area contributed by atoms with E-state index in [1.54, 1.807) is 0 Å². The van der Waals surface area contributed by atoms with Crippen molar-refractivity contribution >= 4 is 22.2 Å². The van der Waals surface area contributed by atoms with E-state index in [0.717, 1.165) is 70.9 Å². The second-order valence-corrected chi connectivity index (χ2v) is 9.03. The first-order chi connectivity index (χ1) is 16.6. The maximum atomic E-state index is 14.7. The van der Waals surface area contributed by atoms with Crippen molar-refractivity contribution in [2.45, 2.75) is 13.8 Å². The highest BCUT2D eigenvalue weighted by Crippen LogP contribution is 2.32. The summed E-state index contributed by atoms with van der Waals surface area (Å²) < 4.78 is 16.7. The molecule has 1 fully saturated rings. The van der Waals surface area contributed by atoms with Crippen LogP contribution in [0.15, 0.2) is 67.0 Å². The van der Waals surface area contributed by atoms with E-state index in [-0.39, 0.29) is 5.82 Å². The number of benzene rings is 2. The summed E-state index contributed by atoms with van der Waals surface area (Å²) in [5, 5.41) is 4.20. The number of aromatic nitrogens is 3. The van der Waals surface area contributed by atoms with Gasteiger partial charge in [-0.2, -0.15) is 0 Å². The summed E-state index contributed by atoms with van der Waals surface area (Å²) in [7, 11) is 0. The molecule has 3 aromatic heterocycles. The van der Waals surface area contributed by atoms with Crippen molar-refractivity contribution in [1.29, 1.82) is 0 Å². The number of imidazole rings is 1. The number of pyridine rings is 2.